The molecule has 0 amide bonds. The Morgan fingerprint density at radius 1 is 0.900 bits per heavy atom. The van der Waals surface area contributed by atoms with Gasteiger partial charge in [-0.1, -0.05) is 33.4 Å². The van der Waals surface area contributed by atoms with Crippen molar-refractivity contribution in [3.8, 4) is 0 Å². The zero-order chi connectivity index (χ0) is 28.9. The summed E-state index contributed by atoms with van der Waals surface area (Å²) in [4.78, 5) is 22.8. The highest BCUT2D eigenvalue weighted by Gasteiger charge is 2.35. The number of hydrogen-bond donors (Lipinski definition) is 5. The number of fused-ring (bicyclic) bond motifs is 8. The number of carbonyl (C=O) groups is 1. The van der Waals surface area contributed by atoms with Crippen LogP contribution in [-0.2, 0) is 11.2 Å². The topological polar surface area (TPSA) is 96.7 Å². The van der Waals surface area contributed by atoms with E-state index in [1.807, 2.05) is 6.08 Å². The smallest absolute Gasteiger partial charge is 0.303 e. The molecule has 2 atom stereocenters. The molecule has 5 N–H and O–H groups in total. The average molecular weight is 539 g/mol. The van der Waals surface area contributed by atoms with E-state index in [2.05, 4.69) is 93.5 Å². The zero-order valence-corrected chi connectivity index (χ0v) is 24.9. The Balaban J connectivity index is 1.88. The van der Waals surface area contributed by atoms with Gasteiger partial charge >= 0.3 is 5.97 Å². The predicted octanol–water partition coefficient (Wildman–Crippen LogP) is 5.96. The monoisotopic (exact) mass is 538 g/mol. The van der Waals surface area contributed by atoms with E-state index in [9.17, 15) is 9.90 Å². The fraction of sp³-hybridized carbons (Fsp3) is 0.382. The molecule has 5 heterocycles. The van der Waals surface area contributed by atoms with Crippen LogP contribution in [0.5, 0.6) is 0 Å². The first-order valence-corrected chi connectivity index (χ1v) is 14.5. The van der Waals surface area contributed by atoms with Crippen LogP contribution < -0.4 is 16.0 Å². The number of hydrogen-bond acceptors (Lipinski definition) is 2. The quantitative estimate of drug-likeness (QED) is 0.268. The van der Waals surface area contributed by atoms with Crippen LogP contribution in [0.15, 0.2) is 18.0 Å². The van der Waals surface area contributed by atoms with E-state index in [1.54, 1.807) is 0 Å². The van der Waals surface area contributed by atoms with E-state index in [0.29, 0.717) is 6.42 Å². The number of aromatic nitrogens is 3. The van der Waals surface area contributed by atoms with Gasteiger partial charge in [-0.25, -0.2) is 0 Å². The molecule has 0 aromatic carbocycles. The predicted molar refractivity (Wildman–Crippen MR) is 165 cm³/mol. The van der Waals surface area contributed by atoms with Crippen molar-refractivity contribution in [3.05, 3.63) is 84.8 Å². The molecule has 3 aromatic heterocycles. The lowest BCUT2D eigenvalue weighted by molar-refractivity contribution is -0.137. The number of aromatic amines is 3. The SMILES string of the molecule is C=Cc1c2[nH]c(c1C)C=C1NC(=C(CC)c3[nH]c(c(C)c3C)C=c3[nH]c(c(C)c3CC)=C2)[C@@H](CCC(=O)O)[C@@H]1C. The lowest BCUT2D eigenvalue weighted by Crippen LogP contribution is -2.13. The zero-order valence-electron chi connectivity index (χ0n) is 24.9. The molecule has 40 heavy (non-hydrogen) atoms. The van der Waals surface area contributed by atoms with Gasteiger partial charge in [0.2, 0.25) is 0 Å². The van der Waals surface area contributed by atoms with Crippen LogP contribution in [0.25, 0.3) is 29.9 Å². The molecule has 6 nitrogen and oxygen atoms in total. The van der Waals surface area contributed by atoms with Gasteiger partial charge in [-0.3, -0.25) is 4.79 Å². The van der Waals surface area contributed by atoms with E-state index >= 15 is 0 Å². The third-order valence-electron chi connectivity index (χ3n) is 9.25. The van der Waals surface area contributed by atoms with E-state index < -0.39 is 5.97 Å². The second-order valence-corrected chi connectivity index (χ2v) is 11.4. The Bertz CT molecular complexity index is 1700. The molecular weight excluding hydrogens is 496 g/mol. The van der Waals surface area contributed by atoms with E-state index in [4.69, 9.17) is 0 Å². The van der Waals surface area contributed by atoms with Crippen LogP contribution >= 0.6 is 0 Å². The molecule has 1 saturated heterocycles. The maximum absolute atomic E-state index is 11.6. The maximum Gasteiger partial charge on any atom is 0.303 e. The summed E-state index contributed by atoms with van der Waals surface area (Å²) in [5.41, 5.74) is 15.0. The van der Waals surface area contributed by atoms with Crippen LogP contribution in [0.1, 0.15) is 96.2 Å². The third kappa shape index (κ3) is 4.49. The number of H-pyrrole nitrogens is 3. The van der Waals surface area contributed by atoms with Crippen molar-refractivity contribution in [2.75, 3.05) is 0 Å². The first-order chi connectivity index (χ1) is 19.1. The van der Waals surface area contributed by atoms with Crippen molar-refractivity contribution < 1.29 is 9.90 Å². The van der Waals surface area contributed by atoms with Crippen molar-refractivity contribution in [1.82, 2.24) is 20.3 Å². The summed E-state index contributed by atoms with van der Waals surface area (Å²) in [6.07, 6.45) is 11.1. The maximum atomic E-state index is 11.6. The van der Waals surface area contributed by atoms with E-state index in [0.717, 1.165) is 68.8 Å². The summed E-state index contributed by atoms with van der Waals surface area (Å²) >= 11 is 0. The molecule has 6 heteroatoms. The van der Waals surface area contributed by atoms with Crippen LogP contribution in [0.2, 0.25) is 0 Å². The molecule has 0 saturated carbocycles. The molecule has 0 aliphatic carbocycles. The lowest BCUT2D eigenvalue weighted by atomic mass is 9.86. The molecule has 2 aliphatic rings. The van der Waals surface area contributed by atoms with Gasteiger partial charge in [0, 0.05) is 68.7 Å². The third-order valence-corrected chi connectivity index (χ3v) is 9.25. The van der Waals surface area contributed by atoms with Gasteiger partial charge in [-0.2, -0.15) is 0 Å². The van der Waals surface area contributed by atoms with E-state index in [-0.39, 0.29) is 18.3 Å². The Morgan fingerprint density at radius 3 is 2.25 bits per heavy atom. The van der Waals surface area contributed by atoms with Crippen molar-refractivity contribution in [2.45, 2.75) is 74.1 Å². The molecule has 5 rings (SSSR count). The van der Waals surface area contributed by atoms with Crippen LogP contribution in [0.4, 0.5) is 0 Å². The molecule has 3 aromatic rings. The molecular formula is C34H42N4O2. The Labute approximate surface area is 236 Å². The Morgan fingerprint density at radius 2 is 1.60 bits per heavy atom. The first kappa shape index (κ1) is 27.6. The van der Waals surface area contributed by atoms with E-state index in [1.165, 1.54) is 27.8 Å². The Hall–Kier alpha value is -3.93. The highest BCUT2D eigenvalue weighted by atomic mass is 16.4. The van der Waals surface area contributed by atoms with Crippen molar-refractivity contribution in [1.29, 1.82) is 0 Å². The van der Waals surface area contributed by atoms with Crippen LogP contribution in [-0.4, -0.2) is 26.0 Å². The number of allylic oxidation sites excluding steroid dienone is 3. The first-order valence-electron chi connectivity index (χ1n) is 14.5. The van der Waals surface area contributed by atoms with Gasteiger partial charge in [0.15, 0.2) is 0 Å². The molecule has 0 unspecified atom stereocenters. The summed E-state index contributed by atoms with van der Waals surface area (Å²) in [6.45, 7) is 19.4. The standard InChI is InChI=1S/C34H42N4O2/c1-9-22-19(6)27-14-29-21(8)25(12-13-32(39)40)34(38-29)24(11-3)33-18(5)17(4)26(37-33)15-30-23(10-2)20(7)28(36-30)16-31(22)35-27/h9,14-16,21,25,35-38H,1,10-13H2,2-8H3,(H,39,40)/t21-,25-/m0/s1. The molecule has 210 valence electrons. The highest BCUT2D eigenvalue weighted by molar-refractivity contribution is 5.76. The van der Waals surface area contributed by atoms with Crippen molar-refractivity contribution in [2.24, 2.45) is 11.8 Å². The summed E-state index contributed by atoms with van der Waals surface area (Å²) in [5.74, 6) is -0.521. The van der Waals surface area contributed by atoms with Crippen molar-refractivity contribution >= 4 is 35.8 Å². The molecule has 1 fully saturated rings. The van der Waals surface area contributed by atoms with Gasteiger partial charge < -0.3 is 25.4 Å². The Kier molecular flexibility index (Phi) is 7.30. The number of rotatable bonds is 6. The molecule has 0 spiro atoms. The van der Waals surface area contributed by atoms with Gasteiger partial charge in [-0.05, 0) is 98.6 Å². The molecule has 0 radical (unpaired) electrons. The second kappa shape index (κ2) is 10.6. The molecule has 8 bridgehead atoms. The number of carboxylic acids is 1. The number of nitrogens with one attached hydrogen (secondary N) is 4. The van der Waals surface area contributed by atoms with Gasteiger partial charge in [-0.15, -0.1) is 0 Å². The fourth-order valence-corrected chi connectivity index (χ4v) is 6.65. The minimum absolute atomic E-state index is 0.0866. The minimum Gasteiger partial charge on any atom is -0.481 e. The summed E-state index contributed by atoms with van der Waals surface area (Å²) < 4.78 is 0. The van der Waals surface area contributed by atoms with Crippen molar-refractivity contribution in [3.63, 3.8) is 0 Å². The van der Waals surface area contributed by atoms with Gasteiger partial charge in [0.05, 0.1) is 0 Å². The second-order valence-electron chi connectivity index (χ2n) is 11.4. The number of aliphatic carboxylic acids is 1. The fourth-order valence-electron chi connectivity index (χ4n) is 6.65. The minimum atomic E-state index is -0.757. The largest absolute Gasteiger partial charge is 0.481 e. The van der Waals surface area contributed by atoms with Crippen LogP contribution in [0, 0.1) is 39.5 Å². The molecule has 2 aliphatic heterocycles. The van der Waals surface area contributed by atoms with Crippen LogP contribution in [0.3, 0.4) is 0 Å². The lowest BCUT2D eigenvalue weighted by Gasteiger charge is -2.18. The summed E-state index contributed by atoms with van der Waals surface area (Å²) in [5, 5.41) is 15.6. The number of carboxylic acid groups (broad SMARTS) is 1. The van der Waals surface area contributed by atoms with Gasteiger partial charge in [0.1, 0.15) is 0 Å². The average Bonchev–Trinajstić information content (AvgIpc) is 3.58. The normalized spacial score (nSPS) is 18.2. The van der Waals surface area contributed by atoms with Gasteiger partial charge in [0.25, 0.3) is 0 Å². The summed E-state index contributed by atoms with van der Waals surface area (Å²) in [6, 6.07) is 0. The highest BCUT2D eigenvalue weighted by Crippen LogP contribution is 2.42. The summed E-state index contributed by atoms with van der Waals surface area (Å²) in [7, 11) is 0.